The summed E-state index contributed by atoms with van der Waals surface area (Å²) in [5.74, 6) is 0.759. The van der Waals surface area contributed by atoms with Crippen LogP contribution < -0.4 is 10.5 Å². The zero-order valence-electron chi connectivity index (χ0n) is 10.6. The van der Waals surface area contributed by atoms with E-state index in [0.717, 1.165) is 12.1 Å². The number of hydrogen-bond donors (Lipinski definition) is 1. The number of nitrogens with two attached hydrogens (primary N) is 1. The first-order chi connectivity index (χ1) is 8.99. The number of aromatic nitrogens is 2. The normalized spacial score (nSPS) is 10.5. The zero-order chi connectivity index (χ0) is 14.0. The van der Waals surface area contributed by atoms with E-state index >= 15 is 0 Å². The number of anilines is 1. The SMILES string of the molecule is CCc1cc(Oc2cc(F)c(Br)cc2N)nc(C)n1. The van der Waals surface area contributed by atoms with Gasteiger partial charge in [-0.3, -0.25) is 0 Å². The van der Waals surface area contributed by atoms with E-state index in [1.165, 1.54) is 12.1 Å². The molecule has 0 unspecified atom stereocenters. The fourth-order valence-electron chi connectivity index (χ4n) is 1.58. The number of rotatable bonds is 3. The van der Waals surface area contributed by atoms with Crippen molar-refractivity contribution in [2.75, 3.05) is 5.73 Å². The van der Waals surface area contributed by atoms with E-state index in [1.54, 1.807) is 13.0 Å². The van der Waals surface area contributed by atoms with Crippen LogP contribution in [0.2, 0.25) is 0 Å². The Kier molecular flexibility index (Phi) is 3.99. The summed E-state index contributed by atoms with van der Waals surface area (Å²) < 4.78 is 19.3. The Labute approximate surface area is 119 Å². The largest absolute Gasteiger partial charge is 0.437 e. The van der Waals surface area contributed by atoms with Crippen molar-refractivity contribution in [1.29, 1.82) is 0 Å². The second-order valence-corrected chi connectivity index (χ2v) is 4.86. The Morgan fingerprint density at radius 1 is 1.32 bits per heavy atom. The van der Waals surface area contributed by atoms with Crippen molar-refractivity contribution in [3.05, 3.63) is 40.0 Å². The summed E-state index contributed by atoms with van der Waals surface area (Å²) in [7, 11) is 0. The molecule has 0 saturated heterocycles. The first-order valence-corrected chi connectivity index (χ1v) is 6.56. The molecule has 2 rings (SSSR count). The predicted molar refractivity (Wildman–Crippen MR) is 74.7 cm³/mol. The lowest BCUT2D eigenvalue weighted by Crippen LogP contribution is -1.99. The maximum absolute atomic E-state index is 13.5. The van der Waals surface area contributed by atoms with Gasteiger partial charge < -0.3 is 10.5 Å². The van der Waals surface area contributed by atoms with Crippen LogP contribution in [0.25, 0.3) is 0 Å². The van der Waals surface area contributed by atoms with Crippen LogP contribution in [0, 0.1) is 12.7 Å². The predicted octanol–water partition coefficient (Wildman–Crippen LogP) is 3.62. The summed E-state index contributed by atoms with van der Waals surface area (Å²) in [5, 5.41) is 0. The highest BCUT2D eigenvalue weighted by Crippen LogP contribution is 2.31. The van der Waals surface area contributed by atoms with Gasteiger partial charge in [0.15, 0.2) is 5.75 Å². The number of ether oxygens (including phenoxy) is 1. The van der Waals surface area contributed by atoms with Crippen LogP contribution in [0.1, 0.15) is 18.4 Å². The molecule has 4 nitrogen and oxygen atoms in total. The maximum atomic E-state index is 13.5. The summed E-state index contributed by atoms with van der Waals surface area (Å²) in [6, 6.07) is 4.40. The first-order valence-electron chi connectivity index (χ1n) is 5.76. The van der Waals surface area contributed by atoms with E-state index in [9.17, 15) is 4.39 Å². The molecule has 0 aliphatic rings. The third kappa shape index (κ3) is 3.20. The van der Waals surface area contributed by atoms with E-state index < -0.39 is 5.82 Å². The number of benzene rings is 1. The standard InChI is InChI=1S/C13H13BrFN3O/c1-3-8-4-13(18-7(2)17-8)19-12-6-10(15)9(14)5-11(12)16/h4-6H,3,16H2,1-2H3. The molecule has 1 aromatic heterocycles. The monoisotopic (exact) mass is 325 g/mol. The minimum Gasteiger partial charge on any atom is -0.437 e. The molecule has 2 N–H and O–H groups in total. The Balaban J connectivity index is 2.36. The number of halogens is 2. The summed E-state index contributed by atoms with van der Waals surface area (Å²) in [5.41, 5.74) is 6.98. The summed E-state index contributed by atoms with van der Waals surface area (Å²) >= 11 is 3.06. The quantitative estimate of drug-likeness (QED) is 0.875. The Bertz CT molecular complexity index is 619. The van der Waals surface area contributed by atoms with Crippen LogP contribution >= 0.6 is 15.9 Å². The number of aryl methyl sites for hydroxylation is 2. The van der Waals surface area contributed by atoms with E-state index in [-0.39, 0.29) is 5.75 Å². The molecule has 0 fully saturated rings. The van der Waals surface area contributed by atoms with Crippen LogP contribution in [0.15, 0.2) is 22.7 Å². The van der Waals surface area contributed by atoms with Crippen molar-refractivity contribution in [1.82, 2.24) is 9.97 Å². The number of nitrogen functional groups attached to an aromatic ring is 1. The summed E-state index contributed by atoms with van der Waals surface area (Å²) in [4.78, 5) is 8.39. The van der Waals surface area contributed by atoms with Gasteiger partial charge in [0.2, 0.25) is 5.88 Å². The van der Waals surface area contributed by atoms with Crippen LogP contribution in [0.5, 0.6) is 11.6 Å². The number of nitrogens with zero attached hydrogens (tertiary/aromatic N) is 2. The van der Waals surface area contributed by atoms with Crippen LogP contribution in [0.3, 0.4) is 0 Å². The highest BCUT2D eigenvalue weighted by atomic mass is 79.9. The van der Waals surface area contributed by atoms with Crippen molar-refractivity contribution in [2.45, 2.75) is 20.3 Å². The van der Waals surface area contributed by atoms with Crippen LogP contribution in [0.4, 0.5) is 10.1 Å². The van der Waals surface area contributed by atoms with Gasteiger partial charge in [-0.15, -0.1) is 0 Å². The van der Waals surface area contributed by atoms with Gasteiger partial charge in [-0.05, 0) is 35.3 Å². The molecule has 0 aliphatic heterocycles. The molecule has 2 aromatic rings. The van der Waals surface area contributed by atoms with Gasteiger partial charge in [0.05, 0.1) is 10.2 Å². The van der Waals surface area contributed by atoms with Gasteiger partial charge in [-0.1, -0.05) is 6.92 Å². The average molecular weight is 326 g/mol. The van der Waals surface area contributed by atoms with Crippen molar-refractivity contribution < 1.29 is 9.13 Å². The van der Waals surface area contributed by atoms with Crippen LogP contribution in [-0.2, 0) is 6.42 Å². The van der Waals surface area contributed by atoms with Crippen LogP contribution in [-0.4, -0.2) is 9.97 Å². The number of hydrogen-bond acceptors (Lipinski definition) is 4. The first kappa shape index (κ1) is 13.7. The second kappa shape index (κ2) is 5.52. The molecule has 0 atom stereocenters. The molecule has 0 bridgehead atoms. The molecule has 1 heterocycles. The van der Waals surface area contributed by atoms with Gasteiger partial charge >= 0.3 is 0 Å². The van der Waals surface area contributed by atoms with Crippen molar-refractivity contribution in [2.24, 2.45) is 0 Å². The van der Waals surface area contributed by atoms with Gasteiger partial charge in [0, 0.05) is 17.8 Å². The maximum Gasteiger partial charge on any atom is 0.222 e. The lowest BCUT2D eigenvalue weighted by atomic mass is 10.3. The third-order valence-corrected chi connectivity index (χ3v) is 3.10. The molecule has 0 spiro atoms. The zero-order valence-corrected chi connectivity index (χ0v) is 12.2. The molecule has 0 radical (unpaired) electrons. The fourth-order valence-corrected chi connectivity index (χ4v) is 1.94. The Hall–Kier alpha value is -1.69. The molecule has 100 valence electrons. The average Bonchev–Trinajstić information content (AvgIpc) is 2.35. The van der Waals surface area contributed by atoms with Gasteiger partial charge in [0.1, 0.15) is 11.6 Å². The molecule has 0 aliphatic carbocycles. The molecular weight excluding hydrogens is 313 g/mol. The highest BCUT2D eigenvalue weighted by molar-refractivity contribution is 9.10. The minimum atomic E-state index is -0.439. The van der Waals surface area contributed by atoms with E-state index in [4.69, 9.17) is 10.5 Å². The van der Waals surface area contributed by atoms with Gasteiger partial charge in [-0.2, -0.15) is 4.98 Å². The van der Waals surface area contributed by atoms with Gasteiger partial charge in [-0.25, -0.2) is 9.37 Å². The second-order valence-electron chi connectivity index (χ2n) is 4.00. The lowest BCUT2D eigenvalue weighted by molar-refractivity contribution is 0.456. The van der Waals surface area contributed by atoms with Crippen molar-refractivity contribution >= 4 is 21.6 Å². The molecule has 19 heavy (non-hydrogen) atoms. The van der Waals surface area contributed by atoms with Crippen molar-refractivity contribution in [3.63, 3.8) is 0 Å². The van der Waals surface area contributed by atoms with E-state index in [2.05, 4.69) is 25.9 Å². The minimum absolute atomic E-state index is 0.237. The molecule has 0 amide bonds. The smallest absolute Gasteiger partial charge is 0.222 e. The fraction of sp³-hybridized carbons (Fsp3) is 0.231. The topological polar surface area (TPSA) is 61.0 Å². The molecule has 0 saturated carbocycles. The summed E-state index contributed by atoms with van der Waals surface area (Å²) in [6.45, 7) is 3.76. The van der Waals surface area contributed by atoms with Gasteiger partial charge in [0.25, 0.3) is 0 Å². The Morgan fingerprint density at radius 3 is 2.74 bits per heavy atom. The molecule has 1 aromatic carbocycles. The summed E-state index contributed by atoms with van der Waals surface area (Å²) in [6.07, 6.45) is 0.768. The highest BCUT2D eigenvalue weighted by Gasteiger charge is 2.10. The molecular formula is C13H13BrFN3O. The van der Waals surface area contributed by atoms with Crippen molar-refractivity contribution in [3.8, 4) is 11.6 Å². The third-order valence-electron chi connectivity index (χ3n) is 2.50. The molecule has 6 heteroatoms. The lowest BCUT2D eigenvalue weighted by Gasteiger charge is -2.10. The Morgan fingerprint density at radius 2 is 2.05 bits per heavy atom. The van der Waals surface area contributed by atoms with E-state index in [0.29, 0.717) is 21.9 Å². The van der Waals surface area contributed by atoms with E-state index in [1.807, 2.05) is 6.92 Å².